The zero-order valence-corrected chi connectivity index (χ0v) is 23.0. The van der Waals surface area contributed by atoms with Crippen molar-refractivity contribution in [2.45, 2.75) is 44.3 Å². The van der Waals surface area contributed by atoms with E-state index >= 15 is 0 Å². The number of nitrogens with zero attached hydrogens (tertiary/aromatic N) is 3. The predicted octanol–water partition coefficient (Wildman–Crippen LogP) is 5.05. The van der Waals surface area contributed by atoms with Crippen molar-refractivity contribution in [3.05, 3.63) is 30.1 Å². The molecule has 1 fully saturated rings. The number of halogens is 3. The highest BCUT2D eigenvalue weighted by molar-refractivity contribution is 7.71. The van der Waals surface area contributed by atoms with Crippen LogP contribution in [0.25, 0.3) is 22.2 Å². The van der Waals surface area contributed by atoms with Crippen molar-refractivity contribution in [1.29, 1.82) is 0 Å². The number of nitrogens with two attached hydrogens (primary N) is 1. The number of benzene rings is 1. The van der Waals surface area contributed by atoms with Gasteiger partial charge in [0.15, 0.2) is 0 Å². The van der Waals surface area contributed by atoms with Crippen LogP contribution in [0.5, 0.6) is 0 Å². The van der Waals surface area contributed by atoms with Gasteiger partial charge in [-0.2, -0.15) is 13.2 Å². The molecule has 0 radical (unpaired) electrons. The van der Waals surface area contributed by atoms with Crippen molar-refractivity contribution in [1.82, 2.24) is 15.0 Å². The first-order valence-corrected chi connectivity index (χ1v) is 15.5. The summed E-state index contributed by atoms with van der Waals surface area (Å²) in [5.41, 5.74) is 5.96. The molecule has 0 saturated heterocycles. The van der Waals surface area contributed by atoms with Crippen LogP contribution in [0.4, 0.5) is 24.8 Å². The molecule has 4 N–H and O–H groups in total. The fourth-order valence-corrected chi connectivity index (χ4v) is 6.57. The summed E-state index contributed by atoms with van der Waals surface area (Å²) in [5, 5.41) is 4.32. The Labute approximate surface area is 220 Å². The van der Waals surface area contributed by atoms with Gasteiger partial charge in [0, 0.05) is 61.8 Å². The molecule has 0 bridgehead atoms. The van der Waals surface area contributed by atoms with E-state index in [0.717, 1.165) is 44.0 Å². The maximum Gasteiger partial charge on any atom is 0.419 e. The van der Waals surface area contributed by atoms with E-state index in [2.05, 4.69) is 20.3 Å². The van der Waals surface area contributed by atoms with Gasteiger partial charge < -0.3 is 30.2 Å². The van der Waals surface area contributed by atoms with Gasteiger partial charge in [-0.1, -0.05) is 18.9 Å². The van der Waals surface area contributed by atoms with Gasteiger partial charge >= 0.3 is 6.18 Å². The Hall–Kier alpha value is -2.62. The van der Waals surface area contributed by atoms with Crippen LogP contribution in [0.3, 0.4) is 0 Å². The molecule has 1 saturated carbocycles. The highest BCUT2D eigenvalue weighted by atomic mass is 31.2. The lowest BCUT2D eigenvalue weighted by Gasteiger charge is -2.25. The van der Waals surface area contributed by atoms with Crippen LogP contribution in [-0.4, -0.2) is 67.7 Å². The van der Waals surface area contributed by atoms with E-state index in [1.807, 2.05) is 18.0 Å². The Morgan fingerprint density at radius 2 is 1.97 bits per heavy atom. The molecule has 3 aromatic rings. The fourth-order valence-electron chi connectivity index (χ4n) is 5.05. The molecule has 0 atom stereocenters. The van der Waals surface area contributed by atoms with E-state index in [0.29, 0.717) is 48.1 Å². The standard InChI is InChI=1S/C26H36F3N6O2P/c1-35(12-6-13-37-14-11-30)21-10-9-18-19(15-31-23(18)24(21)38(2,3)36)22-20(26(27,28)29)16-32-25(34-22)33-17-7-4-5-8-17/h9-10,15-17,31H,4-8,11-14,30H2,1-3H3,(H,32,33,34). The van der Waals surface area contributed by atoms with Crippen LogP contribution in [-0.2, 0) is 15.5 Å². The van der Waals surface area contributed by atoms with Gasteiger partial charge in [0.1, 0.15) is 12.7 Å². The Kier molecular flexibility index (Phi) is 8.69. The quantitative estimate of drug-likeness (QED) is 0.226. The summed E-state index contributed by atoms with van der Waals surface area (Å²) < 4.78 is 61.0. The van der Waals surface area contributed by atoms with Crippen LogP contribution in [0.15, 0.2) is 24.5 Å². The summed E-state index contributed by atoms with van der Waals surface area (Å²) in [4.78, 5) is 13.4. The molecule has 12 heteroatoms. The zero-order chi connectivity index (χ0) is 27.5. The minimum absolute atomic E-state index is 0.152. The number of alkyl halides is 3. The zero-order valence-electron chi connectivity index (χ0n) is 22.1. The smallest absolute Gasteiger partial charge is 0.380 e. The van der Waals surface area contributed by atoms with Crippen LogP contribution in [0, 0.1) is 0 Å². The number of hydrogen-bond acceptors (Lipinski definition) is 7. The first-order valence-electron chi connectivity index (χ1n) is 12.9. The van der Waals surface area contributed by atoms with Gasteiger partial charge in [0.2, 0.25) is 5.95 Å². The van der Waals surface area contributed by atoms with Crippen molar-refractivity contribution in [2.75, 3.05) is 56.9 Å². The molecule has 1 aromatic carbocycles. The molecule has 0 unspecified atom stereocenters. The number of rotatable bonds is 11. The van der Waals surface area contributed by atoms with Crippen LogP contribution in [0.2, 0.25) is 0 Å². The molecule has 38 heavy (non-hydrogen) atoms. The van der Waals surface area contributed by atoms with Gasteiger partial charge in [-0.15, -0.1) is 0 Å². The van der Waals surface area contributed by atoms with Crippen molar-refractivity contribution >= 4 is 35.0 Å². The number of hydrogen-bond donors (Lipinski definition) is 3. The Balaban J connectivity index is 1.76. The Morgan fingerprint density at radius 1 is 1.24 bits per heavy atom. The normalized spacial score (nSPS) is 14.9. The summed E-state index contributed by atoms with van der Waals surface area (Å²) in [6.07, 6.45) is 2.49. The number of H-pyrrole nitrogens is 1. The van der Waals surface area contributed by atoms with Crippen molar-refractivity contribution in [3.8, 4) is 11.3 Å². The predicted molar refractivity (Wildman–Crippen MR) is 147 cm³/mol. The number of aromatic amines is 1. The second kappa shape index (κ2) is 11.6. The SMILES string of the molecule is CN(CCCOCCN)c1ccc2c(-c3nc(NC4CCCC4)ncc3C(F)(F)F)c[nH]c2c1P(C)(C)=O. The highest BCUT2D eigenvalue weighted by Gasteiger charge is 2.36. The first-order chi connectivity index (χ1) is 18.0. The molecule has 208 valence electrons. The molecule has 1 aliphatic rings. The van der Waals surface area contributed by atoms with Gasteiger partial charge in [-0.05, 0) is 38.7 Å². The van der Waals surface area contributed by atoms with Gasteiger partial charge in [-0.25, -0.2) is 9.97 Å². The molecule has 0 amide bonds. The van der Waals surface area contributed by atoms with E-state index in [4.69, 9.17) is 10.5 Å². The molecule has 0 spiro atoms. The lowest BCUT2D eigenvalue weighted by molar-refractivity contribution is -0.137. The van der Waals surface area contributed by atoms with E-state index in [1.54, 1.807) is 19.4 Å². The summed E-state index contributed by atoms with van der Waals surface area (Å²) in [6, 6.07) is 3.74. The summed E-state index contributed by atoms with van der Waals surface area (Å²) >= 11 is 0. The Bertz CT molecular complexity index is 1300. The third-order valence-corrected chi connectivity index (χ3v) is 8.37. The van der Waals surface area contributed by atoms with E-state index in [9.17, 15) is 17.7 Å². The highest BCUT2D eigenvalue weighted by Crippen LogP contribution is 2.44. The second-order valence-electron chi connectivity index (χ2n) is 10.2. The van der Waals surface area contributed by atoms with E-state index in [-0.39, 0.29) is 17.7 Å². The molecule has 4 rings (SSSR count). The minimum atomic E-state index is -4.63. The molecular weight excluding hydrogens is 516 g/mol. The summed E-state index contributed by atoms with van der Waals surface area (Å²) in [6.45, 7) is 5.48. The van der Waals surface area contributed by atoms with Gasteiger partial charge in [0.25, 0.3) is 0 Å². The van der Waals surface area contributed by atoms with E-state index < -0.39 is 18.9 Å². The number of ether oxygens (including phenoxy) is 1. The monoisotopic (exact) mass is 552 g/mol. The number of fused-ring (bicyclic) bond motifs is 1. The molecule has 8 nitrogen and oxygen atoms in total. The lowest BCUT2D eigenvalue weighted by Crippen LogP contribution is -2.26. The maximum absolute atomic E-state index is 14.0. The van der Waals surface area contributed by atoms with Crippen LogP contribution < -0.4 is 21.3 Å². The largest absolute Gasteiger partial charge is 0.419 e. The number of anilines is 2. The second-order valence-corrected chi connectivity index (χ2v) is 13.3. The summed E-state index contributed by atoms with van der Waals surface area (Å²) in [7, 11) is -0.942. The van der Waals surface area contributed by atoms with Crippen molar-refractivity contribution in [3.63, 3.8) is 0 Å². The number of nitrogens with one attached hydrogen (secondary N) is 2. The topological polar surface area (TPSA) is 109 Å². The maximum atomic E-state index is 14.0. The molecular formula is C26H36F3N6O2P. The van der Waals surface area contributed by atoms with E-state index in [1.165, 1.54) is 6.20 Å². The third-order valence-electron chi connectivity index (χ3n) is 6.84. The average molecular weight is 553 g/mol. The number of aromatic nitrogens is 3. The molecule has 0 aliphatic heterocycles. The molecule has 2 heterocycles. The fraction of sp³-hybridized carbons (Fsp3) is 0.538. The molecule has 1 aliphatic carbocycles. The van der Waals surface area contributed by atoms with Crippen LogP contribution in [0.1, 0.15) is 37.7 Å². The Morgan fingerprint density at radius 3 is 2.63 bits per heavy atom. The lowest BCUT2D eigenvalue weighted by atomic mass is 10.1. The minimum Gasteiger partial charge on any atom is -0.380 e. The van der Waals surface area contributed by atoms with Gasteiger partial charge in [0.05, 0.1) is 23.1 Å². The summed E-state index contributed by atoms with van der Waals surface area (Å²) in [5.74, 6) is 0.180. The average Bonchev–Trinajstić information content (AvgIpc) is 3.51. The van der Waals surface area contributed by atoms with Crippen molar-refractivity contribution < 1.29 is 22.5 Å². The van der Waals surface area contributed by atoms with Crippen LogP contribution >= 0.6 is 7.14 Å². The third kappa shape index (κ3) is 6.33. The van der Waals surface area contributed by atoms with Crippen molar-refractivity contribution in [2.24, 2.45) is 5.73 Å². The van der Waals surface area contributed by atoms with Gasteiger partial charge in [-0.3, -0.25) is 0 Å². The first kappa shape index (κ1) is 28.4. The molecule has 2 aromatic heterocycles.